The maximum atomic E-state index is 12.6. The third-order valence-corrected chi connectivity index (χ3v) is 3.66. The highest BCUT2D eigenvalue weighted by Gasteiger charge is 2.36. The van der Waals surface area contributed by atoms with E-state index in [-0.39, 0.29) is 24.0 Å². The van der Waals surface area contributed by atoms with Crippen molar-refractivity contribution in [2.24, 2.45) is 0 Å². The van der Waals surface area contributed by atoms with Gasteiger partial charge in [0.15, 0.2) is 0 Å². The molecule has 0 aliphatic carbocycles. The molecule has 22 heavy (non-hydrogen) atoms. The fourth-order valence-corrected chi connectivity index (χ4v) is 2.69. The fraction of sp³-hybridized carbons (Fsp3) is 0.167. The van der Waals surface area contributed by atoms with Gasteiger partial charge in [-0.25, -0.2) is 4.90 Å². The monoisotopic (exact) mass is 293 g/mol. The maximum Gasteiger partial charge on any atom is 0.266 e. The van der Waals surface area contributed by atoms with E-state index in [4.69, 9.17) is 0 Å². The van der Waals surface area contributed by atoms with Gasteiger partial charge in [-0.3, -0.25) is 14.4 Å². The summed E-state index contributed by atoms with van der Waals surface area (Å²) in [4.78, 5) is 37.5. The number of benzene rings is 2. The van der Waals surface area contributed by atoms with Gasteiger partial charge < -0.3 is 0 Å². The second kappa shape index (κ2) is 5.22. The first-order chi connectivity index (χ1) is 10.5. The number of carbonyl (C=O) groups excluding carboxylic acids is 3. The van der Waals surface area contributed by atoms with E-state index in [1.54, 1.807) is 30.3 Å². The average Bonchev–Trinajstić information content (AvgIpc) is 2.70. The number of hydrogen-bond donors (Lipinski definition) is 0. The Morgan fingerprint density at radius 2 is 1.73 bits per heavy atom. The lowest BCUT2D eigenvalue weighted by atomic mass is 10.0. The number of nitrogens with zero attached hydrogens (tertiary/aromatic N) is 1. The molecule has 0 saturated heterocycles. The Labute approximate surface area is 128 Å². The minimum atomic E-state index is -0.337. The van der Waals surface area contributed by atoms with Crippen LogP contribution >= 0.6 is 0 Å². The van der Waals surface area contributed by atoms with Crippen LogP contribution in [0.5, 0.6) is 0 Å². The molecule has 0 aromatic heterocycles. The predicted molar refractivity (Wildman–Crippen MR) is 83.1 cm³/mol. The van der Waals surface area contributed by atoms with Crippen LogP contribution in [0.25, 0.3) is 0 Å². The molecule has 3 rings (SSSR count). The van der Waals surface area contributed by atoms with Crippen molar-refractivity contribution in [2.45, 2.75) is 20.3 Å². The lowest BCUT2D eigenvalue weighted by Gasteiger charge is -2.14. The minimum absolute atomic E-state index is 0.0206. The van der Waals surface area contributed by atoms with E-state index in [1.807, 2.05) is 19.1 Å². The van der Waals surface area contributed by atoms with E-state index in [0.29, 0.717) is 16.8 Å². The topological polar surface area (TPSA) is 54.5 Å². The Kier molecular flexibility index (Phi) is 3.37. The van der Waals surface area contributed by atoms with Gasteiger partial charge in [0.1, 0.15) is 5.78 Å². The van der Waals surface area contributed by atoms with Gasteiger partial charge in [0, 0.05) is 6.42 Å². The van der Waals surface area contributed by atoms with Crippen LogP contribution < -0.4 is 4.90 Å². The average molecular weight is 293 g/mol. The molecule has 0 radical (unpaired) electrons. The van der Waals surface area contributed by atoms with Crippen molar-refractivity contribution in [1.29, 1.82) is 0 Å². The van der Waals surface area contributed by atoms with Crippen LogP contribution in [0.1, 0.15) is 38.8 Å². The summed E-state index contributed by atoms with van der Waals surface area (Å²) < 4.78 is 0. The van der Waals surface area contributed by atoms with Crippen molar-refractivity contribution in [3.8, 4) is 0 Å². The second-order valence-electron chi connectivity index (χ2n) is 5.54. The lowest BCUT2D eigenvalue weighted by Crippen LogP contribution is -2.29. The summed E-state index contributed by atoms with van der Waals surface area (Å²) in [5, 5.41) is 0. The quantitative estimate of drug-likeness (QED) is 0.818. The van der Waals surface area contributed by atoms with Gasteiger partial charge in [-0.2, -0.15) is 0 Å². The molecule has 4 nitrogen and oxygen atoms in total. The Hall–Kier alpha value is -2.75. The second-order valence-corrected chi connectivity index (χ2v) is 5.54. The van der Waals surface area contributed by atoms with Crippen molar-refractivity contribution < 1.29 is 14.4 Å². The largest absolute Gasteiger partial charge is 0.300 e. The van der Waals surface area contributed by atoms with Gasteiger partial charge in [-0.15, -0.1) is 0 Å². The Morgan fingerprint density at radius 1 is 1.00 bits per heavy atom. The SMILES string of the molecule is CC(=O)Cc1ccc2c(c1)C(=O)N(c1cccc(C)c1)C2=O. The van der Waals surface area contributed by atoms with Crippen LogP contribution in [0.2, 0.25) is 0 Å². The molecule has 1 aliphatic heterocycles. The molecule has 4 heteroatoms. The molecular weight excluding hydrogens is 278 g/mol. The first-order valence-corrected chi connectivity index (χ1v) is 7.05. The molecule has 0 fully saturated rings. The van der Waals surface area contributed by atoms with E-state index in [0.717, 1.165) is 11.1 Å². The molecule has 0 unspecified atom stereocenters. The maximum absolute atomic E-state index is 12.6. The number of ketones is 1. The normalized spacial score (nSPS) is 13.5. The van der Waals surface area contributed by atoms with Crippen LogP contribution in [0.15, 0.2) is 42.5 Å². The van der Waals surface area contributed by atoms with E-state index in [1.165, 1.54) is 11.8 Å². The van der Waals surface area contributed by atoms with Gasteiger partial charge in [-0.05, 0) is 49.2 Å². The number of anilines is 1. The van der Waals surface area contributed by atoms with Crippen LogP contribution in [0, 0.1) is 6.92 Å². The van der Waals surface area contributed by atoms with Crippen molar-refractivity contribution in [2.75, 3.05) is 4.90 Å². The Bertz CT molecular complexity index is 808. The van der Waals surface area contributed by atoms with Crippen LogP contribution in [0.4, 0.5) is 5.69 Å². The standard InChI is InChI=1S/C18H15NO3/c1-11-4-3-5-14(8-11)19-17(21)15-7-6-13(9-12(2)20)10-16(15)18(19)22/h3-8,10H,9H2,1-2H3. The van der Waals surface area contributed by atoms with Gasteiger partial charge in [0.05, 0.1) is 16.8 Å². The number of amides is 2. The lowest BCUT2D eigenvalue weighted by molar-refractivity contribution is -0.116. The highest BCUT2D eigenvalue weighted by molar-refractivity contribution is 6.34. The summed E-state index contributed by atoms with van der Waals surface area (Å²) in [6.07, 6.45) is 0.263. The van der Waals surface area contributed by atoms with Gasteiger partial charge >= 0.3 is 0 Å². The zero-order valence-corrected chi connectivity index (χ0v) is 12.4. The zero-order chi connectivity index (χ0) is 15.9. The smallest absolute Gasteiger partial charge is 0.266 e. The van der Waals surface area contributed by atoms with Crippen molar-refractivity contribution >= 4 is 23.3 Å². The summed E-state index contributed by atoms with van der Waals surface area (Å²) in [5.41, 5.74) is 3.05. The van der Waals surface area contributed by atoms with Gasteiger partial charge in [0.25, 0.3) is 11.8 Å². The molecule has 2 amide bonds. The summed E-state index contributed by atoms with van der Waals surface area (Å²) in [5.74, 6) is -0.636. The molecule has 1 aliphatic rings. The molecule has 2 aromatic rings. The highest BCUT2D eigenvalue weighted by atomic mass is 16.2. The van der Waals surface area contributed by atoms with E-state index in [2.05, 4.69) is 0 Å². The molecule has 0 atom stereocenters. The fourth-order valence-electron chi connectivity index (χ4n) is 2.69. The summed E-state index contributed by atoms with van der Waals surface area (Å²) in [7, 11) is 0. The van der Waals surface area contributed by atoms with Crippen molar-refractivity contribution in [1.82, 2.24) is 0 Å². The Morgan fingerprint density at radius 3 is 2.41 bits per heavy atom. The molecule has 0 bridgehead atoms. The zero-order valence-electron chi connectivity index (χ0n) is 12.4. The van der Waals surface area contributed by atoms with Crippen LogP contribution in [0.3, 0.4) is 0 Å². The number of hydrogen-bond acceptors (Lipinski definition) is 3. The molecule has 0 N–H and O–H groups in total. The number of imide groups is 1. The minimum Gasteiger partial charge on any atom is -0.300 e. The third kappa shape index (κ3) is 2.33. The number of aryl methyl sites for hydroxylation is 1. The summed E-state index contributed by atoms with van der Waals surface area (Å²) in [6, 6.07) is 12.3. The molecule has 110 valence electrons. The molecule has 0 spiro atoms. The van der Waals surface area contributed by atoms with E-state index >= 15 is 0 Å². The summed E-state index contributed by atoms with van der Waals surface area (Å²) >= 11 is 0. The van der Waals surface area contributed by atoms with Gasteiger partial charge in [-0.1, -0.05) is 18.2 Å². The van der Waals surface area contributed by atoms with Crippen LogP contribution in [-0.4, -0.2) is 17.6 Å². The van der Waals surface area contributed by atoms with Gasteiger partial charge in [0.2, 0.25) is 0 Å². The summed E-state index contributed by atoms with van der Waals surface area (Å²) in [6.45, 7) is 3.41. The number of Topliss-reactive ketones (excluding diaryl/α,β-unsaturated/α-hetero) is 1. The van der Waals surface area contributed by atoms with E-state index < -0.39 is 0 Å². The number of carbonyl (C=O) groups is 3. The first-order valence-electron chi connectivity index (χ1n) is 7.05. The Balaban J connectivity index is 2.03. The highest BCUT2D eigenvalue weighted by Crippen LogP contribution is 2.29. The first kappa shape index (κ1) is 14.2. The predicted octanol–water partition coefficient (Wildman–Crippen LogP) is 2.93. The van der Waals surface area contributed by atoms with E-state index in [9.17, 15) is 14.4 Å². The molecule has 1 heterocycles. The van der Waals surface area contributed by atoms with Crippen molar-refractivity contribution in [3.05, 3.63) is 64.7 Å². The number of fused-ring (bicyclic) bond motifs is 1. The molecular formula is C18H15NO3. The molecule has 0 saturated carbocycles. The third-order valence-electron chi connectivity index (χ3n) is 3.66. The van der Waals surface area contributed by atoms with Crippen LogP contribution in [-0.2, 0) is 11.2 Å². The van der Waals surface area contributed by atoms with Crippen molar-refractivity contribution in [3.63, 3.8) is 0 Å². The number of rotatable bonds is 3. The molecule has 2 aromatic carbocycles.